The van der Waals surface area contributed by atoms with Crippen LogP contribution in [0.1, 0.15) is 49.7 Å². The molecule has 1 unspecified atom stereocenters. The molecule has 2 saturated heterocycles. The first kappa shape index (κ1) is 23.5. The fourth-order valence-electron chi connectivity index (χ4n) is 4.84. The van der Waals surface area contributed by atoms with Crippen LogP contribution in [-0.2, 0) is 14.6 Å². The number of rotatable bonds is 4. The van der Waals surface area contributed by atoms with Crippen LogP contribution in [0.3, 0.4) is 0 Å². The second-order valence-electron chi connectivity index (χ2n) is 9.20. The number of hydrogen-bond donors (Lipinski definition) is 1. The van der Waals surface area contributed by atoms with Gasteiger partial charge in [-0.25, -0.2) is 13.4 Å². The van der Waals surface area contributed by atoms with Gasteiger partial charge in [0.2, 0.25) is 0 Å². The summed E-state index contributed by atoms with van der Waals surface area (Å²) < 4.78 is 25.7. The molecule has 1 aliphatic carbocycles. The highest BCUT2D eigenvalue weighted by Crippen LogP contribution is 2.36. The van der Waals surface area contributed by atoms with Crippen molar-refractivity contribution in [1.29, 1.82) is 0 Å². The van der Waals surface area contributed by atoms with Gasteiger partial charge in [0, 0.05) is 12.2 Å². The molecule has 1 atom stereocenters. The van der Waals surface area contributed by atoms with Gasteiger partial charge in [-0.3, -0.25) is 18.9 Å². The molecule has 3 fully saturated rings. The highest BCUT2D eigenvalue weighted by Gasteiger charge is 2.42. The topological polar surface area (TPSA) is 101 Å². The Morgan fingerprint density at radius 2 is 1.94 bits per heavy atom. The van der Waals surface area contributed by atoms with Crippen molar-refractivity contribution in [3.05, 3.63) is 44.7 Å². The molecular weight excluding hydrogens is 492 g/mol. The van der Waals surface area contributed by atoms with Crippen molar-refractivity contribution in [2.75, 3.05) is 16.8 Å². The first-order chi connectivity index (χ1) is 16.2. The summed E-state index contributed by atoms with van der Waals surface area (Å²) >= 11 is 6.54. The fraction of sp³-hybridized carbons (Fsp3) is 0.478. The standard InChI is InChI=1S/C23H26N4O4S3/c1-14-7-8-19-25-20(24-15-5-3-2-4-6-15)17(21(28)26(19)12-14)11-18-22(29)27(23(32)33-18)16-9-10-34(30,31)13-16/h7-8,11-12,15-16,24H,2-6,9-10,13H2,1H3/b18-11+. The van der Waals surface area contributed by atoms with Gasteiger partial charge in [0.15, 0.2) is 9.84 Å². The Morgan fingerprint density at radius 1 is 1.18 bits per heavy atom. The van der Waals surface area contributed by atoms with Gasteiger partial charge in [0.25, 0.3) is 11.5 Å². The van der Waals surface area contributed by atoms with Crippen molar-refractivity contribution >= 4 is 61.6 Å². The molecule has 0 bridgehead atoms. The maximum atomic E-state index is 13.5. The number of amides is 1. The lowest BCUT2D eigenvalue weighted by Gasteiger charge is -2.24. The predicted molar refractivity (Wildman–Crippen MR) is 139 cm³/mol. The number of sulfone groups is 1. The molecule has 180 valence electrons. The number of aryl methyl sites for hydroxylation is 1. The molecule has 4 heterocycles. The van der Waals surface area contributed by atoms with E-state index in [1.165, 1.54) is 15.7 Å². The third kappa shape index (κ3) is 4.52. The summed E-state index contributed by atoms with van der Waals surface area (Å²) in [6.07, 6.45) is 9.15. The van der Waals surface area contributed by atoms with Crippen LogP contribution >= 0.6 is 24.0 Å². The number of pyridine rings is 1. The van der Waals surface area contributed by atoms with E-state index >= 15 is 0 Å². The molecule has 2 aliphatic heterocycles. The molecule has 5 rings (SSSR count). The molecule has 0 radical (unpaired) electrons. The number of thioether (sulfide) groups is 1. The summed E-state index contributed by atoms with van der Waals surface area (Å²) in [5.41, 5.74) is 1.51. The maximum Gasteiger partial charge on any atom is 0.267 e. The van der Waals surface area contributed by atoms with Crippen molar-refractivity contribution < 1.29 is 13.2 Å². The van der Waals surface area contributed by atoms with Crippen LogP contribution in [0.4, 0.5) is 5.82 Å². The first-order valence-electron chi connectivity index (χ1n) is 11.5. The quantitative estimate of drug-likeness (QED) is 0.487. The van der Waals surface area contributed by atoms with Gasteiger partial charge in [-0.15, -0.1) is 0 Å². The van der Waals surface area contributed by atoms with Crippen molar-refractivity contribution in [3.63, 3.8) is 0 Å². The van der Waals surface area contributed by atoms with Gasteiger partial charge in [0.05, 0.1) is 28.0 Å². The normalized spacial score (nSPS) is 24.4. The van der Waals surface area contributed by atoms with Crippen LogP contribution < -0.4 is 10.9 Å². The second-order valence-corrected chi connectivity index (χ2v) is 13.1. The third-order valence-electron chi connectivity index (χ3n) is 6.62. The number of nitrogens with zero attached hydrogens (tertiary/aromatic N) is 3. The zero-order valence-corrected chi connectivity index (χ0v) is 21.3. The van der Waals surface area contributed by atoms with Crippen LogP contribution in [0.2, 0.25) is 0 Å². The zero-order valence-electron chi connectivity index (χ0n) is 18.8. The summed E-state index contributed by atoms with van der Waals surface area (Å²) in [5.74, 6) is 0.0862. The number of carbonyl (C=O) groups excluding carboxylic acids is 1. The number of anilines is 1. The molecule has 1 N–H and O–H groups in total. The van der Waals surface area contributed by atoms with Crippen molar-refractivity contribution in [3.8, 4) is 0 Å². The lowest BCUT2D eigenvalue weighted by atomic mass is 9.95. The number of thiocarbonyl (C=S) groups is 1. The Labute approximate surface area is 207 Å². The Balaban J connectivity index is 1.56. The van der Waals surface area contributed by atoms with Gasteiger partial charge in [-0.2, -0.15) is 0 Å². The fourth-order valence-corrected chi connectivity index (χ4v) is 7.93. The summed E-state index contributed by atoms with van der Waals surface area (Å²) in [5, 5.41) is 3.46. The van der Waals surface area contributed by atoms with E-state index in [1.807, 2.05) is 19.1 Å². The van der Waals surface area contributed by atoms with Crippen LogP contribution in [-0.4, -0.2) is 56.5 Å². The zero-order chi connectivity index (χ0) is 24.0. The van der Waals surface area contributed by atoms with Gasteiger partial charge in [-0.1, -0.05) is 49.3 Å². The molecule has 11 heteroatoms. The molecule has 34 heavy (non-hydrogen) atoms. The second kappa shape index (κ2) is 9.09. The van der Waals surface area contributed by atoms with Crippen molar-refractivity contribution in [1.82, 2.24) is 14.3 Å². The van der Waals surface area contributed by atoms with Gasteiger partial charge < -0.3 is 5.32 Å². The Bertz CT molecular complexity index is 1380. The molecular formula is C23H26N4O4S3. The number of aromatic nitrogens is 2. The molecule has 2 aromatic heterocycles. The number of carbonyl (C=O) groups is 1. The van der Waals surface area contributed by atoms with E-state index < -0.39 is 15.9 Å². The smallest absolute Gasteiger partial charge is 0.267 e. The highest BCUT2D eigenvalue weighted by molar-refractivity contribution is 8.26. The average molecular weight is 519 g/mol. The van der Waals surface area contributed by atoms with E-state index in [0.29, 0.717) is 32.7 Å². The van der Waals surface area contributed by atoms with Gasteiger partial charge >= 0.3 is 0 Å². The lowest BCUT2D eigenvalue weighted by Crippen LogP contribution is -2.39. The van der Waals surface area contributed by atoms with E-state index in [2.05, 4.69) is 5.32 Å². The minimum absolute atomic E-state index is 0.0541. The van der Waals surface area contributed by atoms with Crippen molar-refractivity contribution in [2.45, 2.75) is 57.5 Å². The summed E-state index contributed by atoms with van der Waals surface area (Å²) in [4.78, 5) is 33.2. The van der Waals surface area contributed by atoms with Crippen molar-refractivity contribution in [2.24, 2.45) is 0 Å². The molecule has 0 aromatic carbocycles. The first-order valence-corrected chi connectivity index (χ1v) is 14.5. The summed E-state index contributed by atoms with van der Waals surface area (Å²) in [7, 11) is -3.17. The van der Waals surface area contributed by atoms with E-state index in [4.69, 9.17) is 17.2 Å². The molecule has 1 saturated carbocycles. The number of nitrogens with one attached hydrogen (secondary N) is 1. The maximum absolute atomic E-state index is 13.5. The van der Waals surface area contributed by atoms with Crippen LogP contribution in [0.15, 0.2) is 28.0 Å². The summed E-state index contributed by atoms with van der Waals surface area (Å²) in [6, 6.07) is 3.49. The SMILES string of the molecule is Cc1ccc2nc(NC3CCCCC3)c(/C=C3/SC(=S)N(C4CCS(=O)(=O)C4)C3=O)c(=O)n2c1. The molecule has 8 nitrogen and oxygen atoms in total. The van der Waals surface area contributed by atoms with Crippen LogP contribution in [0.5, 0.6) is 0 Å². The van der Waals surface area contributed by atoms with Gasteiger partial charge in [-0.05, 0) is 43.9 Å². The van der Waals surface area contributed by atoms with E-state index in [-0.39, 0.29) is 29.0 Å². The predicted octanol–water partition coefficient (Wildman–Crippen LogP) is 3.14. The van der Waals surface area contributed by atoms with E-state index in [1.54, 1.807) is 12.3 Å². The number of hydrogen-bond acceptors (Lipinski definition) is 8. The molecule has 0 spiro atoms. The Hall–Kier alpha value is -2.24. The Kier molecular flexibility index (Phi) is 6.28. The minimum atomic E-state index is -3.17. The Morgan fingerprint density at radius 3 is 2.65 bits per heavy atom. The minimum Gasteiger partial charge on any atom is -0.367 e. The van der Waals surface area contributed by atoms with E-state index in [0.717, 1.165) is 43.0 Å². The molecule has 1 amide bonds. The van der Waals surface area contributed by atoms with E-state index in [9.17, 15) is 18.0 Å². The monoisotopic (exact) mass is 518 g/mol. The van der Waals surface area contributed by atoms with Crippen LogP contribution in [0.25, 0.3) is 11.7 Å². The molecule has 3 aliphatic rings. The number of fused-ring (bicyclic) bond motifs is 1. The lowest BCUT2D eigenvalue weighted by molar-refractivity contribution is -0.123. The average Bonchev–Trinajstić information content (AvgIpc) is 3.29. The van der Waals surface area contributed by atoms with Crippen LogP contribution in [0, 0.1) is 6.92 Å². The third-order valence-corrected chi connectivity index (χ3v) is 9.70. The highest BCUT2D eigenvalue weighted by atomic mass is 32.2. The summed E-state index contributed by atoms with van der Waals surface area (Å²) in [6.45, 7) is 1.90. The largest absolute Gasteiger partial charge is 0.367 e. The van der Waals surface area contributed by atoms with Gasteiger partial charge in [0.1, 0.15) is 15.8 Å². The molecule has 2 aromatic rings.